The lowest BCUT2D eigenvalue weighted by Gasteiger charge is -2.23. The summed E-state index contributed by atoms with van der Waals surface area (Å²) in [5.74, 6) is -1.53. The quantitative estimate of drug-likeness (QED) is 0.214. The molecule has 0 spiro atoms. The molecule has 2 fully saturated rings. The highest BCUT2D eigenvalue weighted by atomic mass is 19.1. The molecule has 4 N–H and O–H groups in total. The topological polar surface area (TPSA) is 120 Å². The SMILES string of the molecule is NCCCCCC1C(=O)N(Cc2ccc(F)cc2)CC1C(=O)NN1C[C@@H](Cc2ccccc2)N(CNC(=O)OCc2ccccc2)C1. The van der Waals surface area contributed by atoms with E-state index in [4.69, 9.17) is 10.5 Å². The second kappa shape index (κ2) is 17.0. The molecule has 2 heterocycles. The van der Waals surface area contributed by atoms with Gasteiger partial charge in [-0.2, -0.15) is 0 Å². The number of carbonyl (C=O) groups excluding carboxylic acids is 3. The van der Waals surface area contributed by atoms with Crippen LogP contribution in [0, 0.1) is 17.7 Å². The zero-order chi connectivity index (χ0) is 33.0. The largest absolute Gasteiger partial charge is 0.445 e. The number of halogens is 1. The number of alkyl carbamates (subject to hydrolysis) is 1. The fraction of sp³-hybridized carbons (Fsp3) is 0.417. The zero-order valence-electron chi connectivity index (χ0n) is 26.7. The Kier molecular flexibility index (Phi) is 12.3. The molecular weight excluding hydrogens is 599 g/mol. The Morgan fingerprint density at radius 3 is 2.28 bits per heavy atom. The second-order valence-electron chi connectivity index (χ2n) is 12.4. The van der Waals surface area contributed by atoms with Crippen LogP contribution in [0.3, 0.4) is 0 Å². The van der Waals surface area contributed by atoms with Gasteiger partial charge < -0.3 is 20.7 Å². The molecule has 11 heteroatoms. The van der Waals surface area contributed by atoms with Crippen LogP contribution in [0.1, 0.15) is 42.4 Å². The third kappa shape index (κ3) is 9.84. The highest BCUT2D eigenvalue weighted by Crippen LogP contribution is 2.31. The summed E-state index contributed by atoms with van der Waals surface area (Å²) in [4.78, 5) is 43.8. The van der Waals surface area contributed by atoms with E-state index < -0.39 is 17.9 Å². The average molecular weight is 645 g/mol. The van der Waals surface area contributed by atoms with Crippen molar-refractivity contribution in [2.45, 2.75) is 51.3 Å². The molecule has 3 atom stereocenters. The number of benzene rings is 3. The smallest absolute Gasteiger partial charge is 0.408 e. The van der Waals surface area contributed by atoms with E-state index in [0.29, 0.717) is 39.3 Å². The van der Waals surface area contributed by atoms with Gasteiger partial charge in [0.25, 0.3) is 0 Å². The van der Waals surface area contributed by atoms with Gasteiger partial charge in [-0.05, 0) is 54.6 Å². The summed E-state index contributed by atoms with van der Waals surface area (Å²) >= 11 is 0. The van der Waals surface area contributed by atoms with Crippen LogP contribution < -0.4 is 16.5 Å². The van der Waals surface area contributed by atoms with E-state index in [-0.39, 0.29) is 36.9 Å². The number of likely N-dealkylation sites (tertiary alicyclic amines) is 1. The first-order chi connectivity index (χ1) is 22.9. The maximum Gasteiger partial charge on any atom is 0.408 e. The Morgan fingerprint density at radius 1 is 0.872 bits per heavy atom. The summed E-state index contributed by atoms with van der Waals surface area (Å²) in [7, 11) is 0. The third-order valence-electron chi connectivity index (χ3n) is 8.90. The van der Waals surface area contributed by atoms with Gasteiger partial charge in [0.15, 0.2) is 0 Å². The van der Waals surface area contributed by atoms with Gasteiger partial charge >= 0.3 is 6.09 Å². The molecule has 2 aliphatic rings. The summed E-state index contributed by atoms with van der Waals surface area (Å²) < 4.78 is 18.9. The van der Waals surface area contributed by atoms with Crippen LogP contribution in [0.2, 0.25) is 0 Å². The number of unbranched alkanes of at least 4 members (excludes halogenated alkanes) is 2. The van der Waals surface area contributed by atoms with E-state index in [2.05, 4.69) is 27.8 Å². The molecule has 3 aromatic rings. The van der Waals surface area contributed by atoms with Gasteiger partial charge in [0, 0.05) is 25.7 Å². The Labute approximate surface area is 276 Å². The molecule has 0 aromatic heterocycles. The van der Waals surface area contributed by atoms with E-state index in [9.17, 15) is 18.8 Å². The summed E-state index contributed by atoms with van der Waals surface area (Å²) in [5.41, 5.74) is 11.7. The molecule has 3 aromatic carbocycles. The maximum absolute atomic E-state index is 13.8. The number of amides is 3. The van der Waals surface area contributed by atoms with Crippen LogP contribution in [0.25, 0.3) is 0 Å². The van der Waals surface area contributed by atoms with Crippen LogP contribution >= 0.6 is 0 Å². The first-order valence-electron chi connectivity index (χ1n) is 16.4. The fourth-order valence-electron chi connectivity index (χ4n) is 6.37. The van der Waals surface area contributed by atoms with Crippen LogP contribution in [0.15, 0.2) is 84.9 Å². The summed E-state index contributed by atoms with van der Waals surface area (Å²) in [6.45, 7) is 2.57. The van der Waals surface area contributed by atoms with Gasteiger partial charge in [0.1, 0.15) is 12.4 Å². The van der Waals surface area contributed by atoms with Crippen LogP contribution in [-0.2, 0) is 33.9 Å². The van der Waals surface area contributed by atoms with Crippen molar-refractivity contribution in [3.05, 3.63) is 107 Å². The molecular formula is C36H45FN6O4. The van der Waals surface area contributed by atoms with Gasteiger partial charge in [-0.1, -0.05) is 85.6 Å². The summed E-state index contributed by atoms with van der Waals surface area (Å²) in [6.07, 6.45) is 3.40. The molecule has 2 unspecified atom stereocenters. The Balaban J connectivity index is 1.22. The molecule has 5 rings (SSSR count). The van der Waals surface area contributed by atoms with E-state index in [1.165, 1.54) is 12.1 Å². The lowest BCUT2D eigenvalue weighted by molar-refractivity contribution is -0.135. The third-order valence-corrected chi connectivity index (χ3v) is 8.90. The number of hydrazine groups is 1. The molecule has 0 bridgehead atoms. The predicted octanol–water partition coefficient (Wildman–Crippen LogP) is 4.02. The molecule has 0 aliphatic carbocycles. The molecule has 47 heavy (non-hydrogen) atoms. The Hall–Kier alpha value is -4.32. The van der Waals surface area contributed by atoms with E-state index >= 15 is 0 Å². The van der Waals surface area contributed by atoms with Crippen molar-refractivity contribution in [3.8, 4) is 0 Å². The minimum atomic E-state index is -0.520. The minimum absolute atomic E-state index is 0.0133. The average Bonchev–Trinajstić information content (AvgIpc) is 3.61. The first-order valence-corrected chi connectivity index (χ1v) is 16.4. The zero-order valence-corrected chi connectivity index (χ0v) is 26.7. The van der Waals surface area contributed by atoms with E-state index in [1.54, 1.807) is 17.0 Å². The molecule has 10 nitrogen and oxygen atoms in total. The lowest BCUT2D eigenvalue weighted by Crippen LogP contribution is -2.47. The lowest BCUT2D eigenvalue weighted by atomic mass is 9.89. The van der Waals surface area contributed by atoms with Crippen molar-refractivity contribution in [3.63, 3.8) is 0 Å². The normalized spacial score (nSPS) is 20.0. The Morgan fingerprint density at radius 2 is 1.57 bits per heavy atom. The van der Waals surface area contributed by atoms with Crippen molar-refractivity contribution >= 4 is 17.9 Å². The van der Waals surface area contributed by atoms with Crippen LogP contribution in [-0.4, -0.2) is 71.7 Å². The number of nitrogens with zero attached hydrogens (tertiary/aromatic N) is 3. The van der Waals surface area contributed by atoms with Crippen molar-refractivity contribution in [1.29, 1.82) is 0 Å². The molecule has 2 aliphatic heterocycles. The number of nitrogens with two attached hydrogens (primary N) is 1. The van der Waals surface area contributed by atoms with Crippen LogP contribution in [0.4, 0.5) is 9.18 Å². The van der Waals surface area contributed by atoms with Crippen molar-refractivity contribution in [2.24, 2.45) is 17.6 Å². The predicted molar refractivity (Wildman–Crippen MR) is 176 cm³/mol. The van der Waals surface area contributed by atoms with Crippen LogP contribution in [0.5, 0.6) is 0 Å². The summed E-state index contributed by atoms with van der Waals surface area (Å²) in [5, 5.41) is 4.73. The maximum atomic E-state index is 13.8. The van der Waals surface area contributed by atoms with Gasteiger partial charge in [0.2, 0.25) is 11.8 Å². The van der Waals surface area contributed by atoms with Gasteiger partial charge in [0.05, 0.1) is 25.2 Å². The standard InChI is InChI=1S/C36H45FN6O4/c37-30-17-15-28(16-18-30)21-41-23-33(32(35(41)45)14-8-3-9-19-38)34(44)40-43-22-31(20-27-10-4-1-5-11-27)42(26-43)25-39-36(46)47-24-29-12-6-2-7-13-29/h1-2,4-7,10-13,15-18,31-33H,3,8-9,14,19-26,38H2,(H,39,46)(H,40,44)/t31-,32?,33?/m1/s1. The Bertz CT molecular complexity index is 1440. The second-order valence-corrected chi connectivity index (χ2v) is 12.4. The first kappa shape index (κ1) is 34.0. The minimum Gasteiger partial charge on any atom is -0.445 e. The molecule has 0 saturated carbocycles. The number of rotatable bonds is 15. The van der Waals surface area contributed by atoms with E-state index in [0.717, 1.165) is 42.4 Å². The van der Waals surface area contributed by atoms with Crippen molar-refractivity contribution in [2.75, 3.05) is 33.0 Å². The van der Waals surface area contributed by atoms with E-state index in [1.807, 2.05) is 53.5 Å². The highest BCUT2D eigenvalue weighted by molar-refractivity contribution is 5.91. The molecule has 250 valence electrons. The summed E-state index contributed by atoms with van der Waals surface area (Å²) in [6, 6.07) is 25.7. The highest BCUT2D eigenvalue weighted by Gasteiger charge is 2.44. The van der Waals surface area contributed by atoms with Gasteiger partial charge in [-0.15, -0.1) is 0 Å². The fourth-order valence-corrected chi connectivity index (χ4v) is 6.37. The molecule has 3 amide bonds. The molecule has 2 saturated heterocycles. The number of nitrogens with one attached hydrogen (secondary N) is 2. The molecule has 0 radical (unpaired) electrons. The van der Waals surface area contributed by atoms with Crippen molar-refractivity contribution in [1.82, 2.24) is 25.6 Å². The number of hydrogen-bond acceptors (Lipinski definition) is 7. The number of carbonyl (C=O) groups is 3. The number of ether oxygens (including phenoxy) is 1. The van der Waals surface area contributed by atoms with Crippen molar-refractivity contribution < 1.29 is 23.5 Å². The van der Waals surface area contributed by atoms with Gasteiger partial charge in [-0.3, -0.25) is 19.9 Å². The van der Waals surface area contributed by atoms with Gasteiger partial charge in [-0.25, -0.2) is 14.2 Å². The number of hydrogen-bond donors (Lipinski definition) is 3. The monoisotopic (exact) mass is 644 g/mol.